The van der Waals surface area contributed by atoms with Gasteiger partial charge in [0.05, 0.1) is 17.9 Å². The molecule has 0 radical (unpaired) electrons. The Kier molecular flexibility index (Phi) is 3.74. The van der Waals surface area contributed by atoms with Crippen LogP contribution in [0.1, 0.15) is 25.0 Å². The highest BCUT2D eigenvalue weighted by molar-refractivity contribution is 5.95. The molecule has 0 aliphatic carbocycles. The van der Waals surface area contributed by atoms with Gasteiger partial charge in [0.15, 0.2) is 0 Å². The van der Waals surface area contributed by atoms with Crippen molar-refractivity contribution < 1.29 is 9.59 Å². The van der Waals surface area contributed by atoms with Crippen molar-refractivity contribution in [3.63, 3.8) is 0 Å². The van der Waals surface area contributed by atoms with Gasteiger partial charge < -0.3 is 15.2 Å². The van der Waals surface area contributed by atoms with Crippen molar-refractivity contribution in [3.8, 4) is 0 Å². The van der Waals surface area contributed by atoms with Crippen molar-refractivity contribution in [1.29, 1.82) is 0 Å². The van der Waals surface area contributed by atoms with Gasteiger partial charge in [0.25, 0.3) is 0 Å². The highest BCUT2D eigenvalue weighted by Crippen LogP contribution is 2.24. The largest absolute Gasteiger partial charge is 0.329 e. The number of amides is 2. The van der Waals surface area contributed by atoms with Gasteiger partial charge in [0.2, 0.25) is 11.8 Å². The lowest BCUT2D eigenvalue weighted by atomic mass is 9.98. The number of nitrogen functional groups attached to an aromatic ring is 1. The number of carbonyl (C=O) groups is 2. The number of hydrogen-bond donors (Lipinski definition) is 2. The summed E-state index contributed by atoms with van der Waals surface area (Å²) in [5.41, 5.74) is 4.00. The monoisotopic (exact) mass is 289 g/mol. The summed E-state index contributed by atoms with van der Waals surface area (Å²) in [7, 11) is 0. The van der Waals surface area contributed by atoms with Crippen LogP contribution in [0.4, 0.5) is 5.69 Å². The first-order chi connectivity index (χ1) is 10.2. The van der Waals surface area contributed by atoms with Gasteiger partial charge >= 0.3 is 0 Å². The minimum atomic E-state index is -0.282. The standard InChI is InChI=1S/C14H19N5O2/c15-17-10-4-5-16-11(7-10)8-18-9-13(20)19-6-2-1-3-12(19)14(18)21/h4-5,7,12H,1-3,6,8-9,15H2,(H,16,17). The number of hydrazine groups is 1. The number of piperazine rings is 1. The molecule has 2 saturated heterocycles. The number of nitrogens with two attached hydrogens (primary N) is 1. The van der Waals surface area contributed by atoms with E-state index in [1.807, 2.05) is 0 Å². The summed E-state index contributed by atoms with van der Waals surface area (Å²) in [5, 5.41) is 0. The van der Waals surface area contributed by atoms with E-state index in [1.54, 1.807) is 28.1 Å². The SMILES string of the molecule is NNc1ccnc(CN2CC(=O)N3CCCCC3C2=O)c1. The van der Waals surface area contributed by atoms with Crippen molar-refractivity contribution in [1.82, 2.24) is 14.8 Å². The number of anilines is 1. The lowest BCUT2D eigenvalue weighted by Crippen LogP contribution is -2.60. The number of aromatic nitrogens is 1. The molecule has 0 spiro atoms. The first-order valence-electron chi connectivity index (χ1n) is 7.19. The van der Waals surface area contributed by atoms with Crippen molar-refractivity contribution in [2.75, 3.05) is 18.5 Å². The van der Waals surface area contributed by atoms with E-state index >= 15 is 0 Å². The fourth-order valence-electron chi connectivity index (χ4n) is 3.01. The maximum atomic E-state index is 12.5. The predicted molar refractivity (Wildman–Crippen MR) is 76.8 cm³/mol. The molecule has 1 aromatic rings. The summed E-state index contributed by atoms with van der Waals surface area (Å²) in [6.07, 6.45) is 4.38. The Hall–Kier alpha value is -2.15. The van der Waals surface area contributed by atoms with Crippen LogP contribution in [0.25, 0.3) is 0 Å². The fraction of sp³-hybridized carbons (Fsp3) is 0.500. The summed E-state index contributed by atoms with van der Waals surface area (Å²) in [6, 6.07) is 3.25. The zero-order valence-corrected chi connectivity index (χ0v) is 11.8. The minimum absolute atomic E-state index is 0.0298. The van der Waals surface area contributed by atoms with E-state index in [4.69, 9.17) is 5.84 Å². The third-order valence-electron chi connectivity index (χ3n) is 4.08. The van der Waals surface area contributed by atoms with Crippen LogP contribution in [0.3, 0.4) is 0 Å². The third-order valence-corrected chi connectivity index (χ3v) is 4.08. The van der Waals surface area contributed by atoms with Gasteiger partial charge in [-0.3, -0.25) is 20.4 Å². The molecule has 3 N–H and O–H groups in total. The summed E-state index contributed by atoms with van der Waals surface area (Å²) in [6.45, 7) is 1.18. The number of pyridine rings is 1. The Morgan fingerprint density at radius 3 is 3.05 bits per heavy atom. The molecule has 2 aliphatic heterocycles. The third kappa shape index (κ3) is 2.69. The average molecular weight is 289 g/mol. The van der Waals surface area contributed by atoms with Gasteiger partial charge in [-0.1, -0.05) is 0 Å². The second-order valence-corrected chi connectivity index (χ2v) is 5.47. The van der Waals surface area contributed by atoms with Crippen LogP contribution in [0.5, 0.6) is 0 Å². The molecule has 0 saturated carbocycles. The molecule has 2 fully saturated rings. The number of piperidine rings is 1. The maximum Gasteiger partial charge on any atom is 0.246 e. The van der Waals surface area contributed by atoms with Gasteiger partial charge in [0, 0.05) is 12.7 Å². The molecule has 21 heavy (non-hydrogen) atoms. The number of nitrogens with one attached hydrogen (secondary N) is 1. The molecule has 7 nitrogen and oxygen atoms in total. The average Bonchev–Trinajstić information content (AvgIpc) is 2.52. The zero-order valence-electron chi connectivity index (χ0n) is 11.8. The van der Waals surface area contributed by atoms with Gasteiger partial charge in [-0.05, 0) is 31.4 Å². The smallest absolute Gasteiger partial charge is 0.246 e. The Bertz CT molecular complexity index is 562. The normalized spacial score (nSPS) is 22.2. The first-order valence-corrected chi connectivity index (χ1v) is 7.19. The molecule has 1 unspecified atom stereocenters. The summed E-state index contributed by atoms with van der Waals surface area (Å²) < 4.78 is 0. The van der Waals surface area contributed by atoms with E-state index in [1.165, 1.54) is 0 Å². The number of rotatable bonds is 3. The highest BCUT2D eigenvalue weighted by Gasteiger charge is 2.40. The second kappa shape index (κ2) is 5.69. The van der Waals surface area contributed by atoms with Crippen molar-refractivity contribution in [2.24, 2.45) is 5.84 Å². The molecular weight excluding hydrogens is 270 g/mol. The van der Waals surface area contributed by atoms with Gasteiger partial charge in [-0.25, -0.2) is 0 Å². The molecule has 0 aromatic carbocycles. The van der Waals surface area contributed by atoms with E-state index in [2.05, 4.69) is 10.4 Å². The molecule has 2 amide bonds. The van der Waals surface area contributed by atoms with E-state index in [0.29, 0.717) is 13.1 Å². The Morgan fingerprint density at radius 1 is 1.38 bits per heavy atom. The molecule has 0 bridgehead atoms. The van der Waals surface area contributed by atoms with Crippen LogP contribution in [0.15, 0.2) is 18.3 Å². The van der Waals surface area contributed by atoms with Crippen LogP contribution >= 0.6 is 0 Å². The molecule has 1 atom stereocenters. The van der Waals surface area contributed by atoms with E-state index in [9.17, 15) is 9.59 Å². The quantitative estimate of drug-likeness (QED) is 0.608. The van der Waals surface area contributed by atoms with Crippen molar-refractivity contribution in [3.05, 3.63) is 24.0 Å². The summed E-state index contributed by atoms with van der Waals surface area (Å²) >= 11 is 0. The lowest BCUT2D eigenvalue weighted by molar-refractivity contribution is -0.158. The van der Waals surface area contributed by atoms with Crippen LogP contribution < -0.4 is 11.3 Å². The Morgan fingerprint density at radius 2 is 2.24 bits per heavy atom. The molecule has 3 heterocycles. The van der Waals surface area contributed by atoms with E-state index in [0.717, 1.165) is 30.6 Å². The summed E-state index contributed by atoms with van der Waals surface area (Å²) in [5.74, 6) is 5.43. The van der Waals surface area contributed by atoms with Gasteiger partial charge in [-0.2, -0.15) is 0 Å². The fourth-order valence-corrected chi connectivity index (χ4v) is 3.01. The van der Waals surface area contributed by atoms with Gasteiger partial charge in [0.1, 0.15) is 12.6 Å². The predicted octanol–water partition coefficient (Wildman–Crippen LogP) is 0.0905. The second-order valence-electron chi connectivity index (χ2n) is 5.47. The van der Waals surface area contributed by atoms with Crippen LogP contribution in [0, 0.1) is 0 Å². The van der Waals surface area contributed by atoms with E-state index < -0.39 is 0 Å². The van der Waals surface area contributed by atoms with Crippen molar-refractivity contribution >= 4 is 17.5 Å². The van der Waals surface area contributed by atoms with Gasteiger partial charge in [-0.15, -0.1) is 0 Å². The first kappa shape index (κ1) is 13.8. The molecular formula is C14H19N5O2. The zero-order chi connectivity index (χ0) is 14.8. The van der Waals surface area contributed by atoms with Crippen molar-refractivity contribution in [2.45, 2.75) is 31.8 Å². The maximum absolute atomic E-state index is 12.5. The lowest BCUT2D eigenvalue weighted by Gasteiger charge is -2.42. The van der Waals surface area contributed by atoms with Crippen LogP contribution in [-0.4, -0.2) is 45.7 Å². The highest BCUT2D eigenvalue weighted by atomic mass is 16.2. The Balaban J connectivity index is 1.76. The molecule has 1 aromatic heterocycles. The number of hydrogen-bond acceptors (Lipinski definition) is 5. The minimum Gasteiger partial charge on any atom is -0.329 e. The van der Waals surface area contributed by atoms with Crippen LogP contribution in [-0.2, 0) is 16.1 Å². The summed E-state index contributed by atoms with van der Waals surface area (Å²) in [4.78, 5) is 32.3. The molecule has 3 rings (SSSR count). The van der Waals surface area contributed by atoms with Crippen LogP contribution in [0.2, 0.25) is 0 Å². The van der Waals surface area contributed by atoms with E-state index in [-0.39, 0.29) is 24.4 Å². The number of fused-ring (bicyclic) bond motifs is 1. The Labute approximate surface area is 123 Å². The topological polar surface area (TPSA) is 91.6 Å². The molecule has 2 aliphatic rings. The number of nitrogens with zero attached hydrogens (tertiary/aromatic N) is 3. The molecule has 112 valence electrons. The number of carbonyl (C=O) groups excluding carboxylic acids is 2. The molecule has 7 heteroatoms.